The molecule has 0 saturated carbocycles. The topological polar surface area (TPSA) is 124 Å². The number of ether oxygens (including phenoxy) is 2. The highest BCUT2D eigenvalue weighted by atomic mass is 32.2. The second-order valence-corrected chi connectivity index (χ2v) is 11.0. The number of pyridine rings is 1. The van der Waals surface area contributed by atoms with Crippen molar-refractivity contribution in [3.8, 4) is 0 Å². The summed E-state index contributed by atoms with van der Waals surface area (Å²) >= 11 is 0. The molecule has 0 bridgehead atoms. The predicted molar refractivity (Wildman–Crippen MR) is 132 cm³/mol. The van der Waals surface area contributed by atoms with E-state index in [4.69, 9.17) is 14.5 Å². The molecule has 0 aliphatic carbocycles. The maximum Gasteiger partial charge on any atom is 0.412 e. The summed E-state index contributed by atoms with van der Waals surface area (Å²) in [6.07, 6.45) is 0.518. The summed E-state index contributed by atoms with van der Waals surface area (Å²) in [5, 5.41) is 3.55. The van der Waals surface area contributed by atoms with E-state index < -0.39 is 21.7 Å². The lowest BCUT2D eigenvalue weighted by Gasteiger charge is -2.27. The zero-order valence-corrected chi connectivity index (χ0v) is 21.3. The number of benzene rings is 1. The molecule has 2 N–H and O–H groups in total. The average molecular weight is 492 g/mol. The fourth-order valence-corrected chi connectivity index (χ4v) is 4.82. The van der Waals surface area contributed by atoms with Crippen LogP contribution in [0, 0.1) is 5.92 Å². The van der Waals surface area contributed by atoms with Gasteiger partial charge in [0.25, 0.3) is 0 Å². The van der Waals surface area contributed by atoms with Gasteiger partial charge in [0, 0.05) is 24.1 Å². The van der Waals surface area contributed by atoms with Crippen molar-refractivity contribution in [2.45, 2.75) is 53.3 Å². The molecule has 2 heterocycles. The Kier molecular flexibility index (Phi) is 7.79. The van der Waals surface area contributed by atoms with E-state index in [0.29, 0.717) is 23.5 Å². The van der Waals surface area contributed by atoms with Gasteiger partial charge in [0.1, 0.15) is 17.9 Å². The van der Waals surface area contributed by atoms with E-state index in [1.54, 1.807) is 13.8 Å². The number of imidazole rings is 1. The molecule has 0 unspecified atom stereocenters. The van der Waals surface area contributed by atoms with Crippen LogP contribution in [0.15, 0.2) is 24.3 Å². The molecule has 0 radical (unpaired) electrons. The van der Waals surface area contributed by atoms with E-state index >= 15 is 0 Å². The molecule has 0 aliphatic heterocycles. The van der Waals surface area contributed by atoms with E-state index in [-0.39, 0.29) is 31.5 Å². The number of anilines is 1. The highest BCUT2D eigenvalue weighted by molar-refractivity contribution is 7.88. The lowest BCUT2D eigenvalue weighted by atomic mass is 10.1. The maximum absolute atomic E-state index is 12.4. The SMILES string of the molecule is CCOCc1nc2c(NC(=O)OCC(C)C)nc3ccccc3c2n1CC(C)(C)NS(C)(=O)=O. The first-order valence-corrected chi connectivity index (χ1v) is 13.1. The van der Waals surface area contributed by atoms with Crippen LogP contribution in [-0.2, 0) is 32.6 Å². The molecule has 1 amide bonds. The van der Waals surface area contributed by atoms with Crippen molar-refractivity contribution in [1.82, 2.24) is 19.3 Å². The number of fused-ring (bicyclic) bond motifs is 3. The van der Waals surface area contributed by atoms with E-state index in [9.17, 15) is 13.2 Å². The minimum Gasteiger partial charge on any atom is -0.449 e. The zero-order chi connectivity index (χ0) is 25.1. The minimum absolute atomic E-state index is 0.192. The van der Waals surface area contributed by atoms with Crippen molar-refractivity contribution in [3.63, 3.8) is 0 Å². The molecule has 0 saturated heterocycles. The third-order valence-electron chi connectivity index (χ3n) is 4.88. The van der Waals surface area contributed by atoms with Crippen LogP contribution in [0.5, 0.6) is 0 Å². The van der Waals surface area contributed by atoms with Gasteiger partial charge in [-0.3, -0.25) is 5.32 Å². The molecule has 0 aliphatic rings. The number of carbonyl (C=O) groups is 1. The predicted octanol–water partition coefficient (Wildman–Crippen LogP) is 3.65. The standard InChI is InChI=1S/C23H33N5O5S/c1-7-32-13-18-25-19-20(28(18)14-23(4,5)27-34(6,30)31)16-10-8-9-11-17(16)24-21(19)26-22(29)33-12-15(2)3/h8-11,15,27H,7,12-14H2,1-6H3,(H,24,26,29). The van der Waals surface area contributed by atoms with Gasteiger partial charge in [0.15, 0.2) is 5.82 Å². The summed E-state index contributed by atoms with van der Waals surface area (Å²) in [6, 6.07) is 7.52. The molecule has 11 heteroatoms. The summed E-state index contributed by atoms with van der Waals surface area (Å²) in [7, 11) is -3.45. The first kappa shape index (κ1) is 25.9. The molecule has 10 nitrogen and oxygen atoms in total. The molecule has 3 rings (SSSR count). The number of rotatable bonds is 10. The van der Waals surface area contributed by atoms with Crippen molar-refractivity contribution in [2.75, 3.05) is 24.8 Å². The first-order chi connectivity index (χ1) is 15.9. The quantitative estimate of drug-likeness (QED) is 0.443. The monoisotopic (exact) mass is 491 g/mol. The Bertz CT molecular complexity index is 1280. The fraction of sp³-hybridized carbons (Fsp3) is 0.522. The molecule has 2 aromatic heterocycles. The van der Waals surface area contributed by atoms with Gasteiger partial charge < -0.3 is 14.0 Å². The summed E-state index contributed by atoms with van der Waals surface area (Å²) in [5.74, 6) is 1.06. The van der Waals surface area contributed by atoms with Gasteiger partial charge in [-0.1, -0.05) is 32.0 Å². The van der Waals surface area contributed by atoms with Crippen molar-refractivity contribution in [3.05, 3.63) is 30.1 Å². The third kappa shape index (κ3) is 6.43. The Morgan fingerprint density at radius 3 is 2.56 bits per heavy atom. The number of amides is 1. The van der Waals surface area contributed by atoms with Gasteiger partial charge in [0.2, 0.25) is 10.0 Å². The number of hydrogen-bond acceptors (Lipinski definition) is 7. The second-order valence-electron chi connectivity index (χ2n) is 9.30. The van der Waals surface area contributed by atoms with Crippen LogP contribution in [0.2, 0.25) is 0 Å². The molecule has 1 aromatic carbocycles. The number of nitrogens with zero attached hydrogens (tertiary/aromatic N) is 3. The van der Waals surface area contributed by atoms with Gasteiger partial charge in [0.05, 0.1) is 23.9 Å². The van der Waals surface area contributed by atoms with Crippen molar-refractivity contribution < 1.29 is 22.7 Å². The maximum atomic E-state index is 12.4. The highest BCUT2D eigenvalue weighted by Crippen LogP contribution is 2.31. The number of para-hydroxylation sites is 1. The Hall–Kier alpha value is -2.76. The molecule has 0 spiro atoms. The Labute approximate surface area is 200 Å². The van der Waals surface area contributed by atoms with E-state index in [0.717, 1.165) is 17.2 Å². The Balaban J connectivity index is 2.19. The van der Waals surface area contributed by atoms with Crippen LogP contribution >= 0.6 is 0 Å². The number of aromatic nitrogens is 3. The van der Waals surface area contributed by atoms with Crippen molar-refractivity contribution in [1.29, 1.82) is 0 Å². The van der Waals surface area contributed by atoms with Gasteiger partial charge in [-0.05, 0) is 32.8 Å². The largest absolute Gasteiger partial charge is 0.449 e. The van der Waals surface area contributed by atoms with Crippen LogP contribution in [0.4, 0.5) is 10.6 Å². The summed E-state index contributed by atoms with van der Waals surface area (Å²) < 4.78 is 39.5. The van der Waals surface area contributed by atoms with Crippen LogP contribution in [0.1, 0.15) is 40.4 Å². The molecule has 0 atom stereocenters. The average Bonchev–Trinajstić information content (AvgIpc) is 3.07. The van der Waals surface area contributed by atoms with Gasteiger partial charge in [-0.25, -0.2) is 27.9 Å². The molecular formula is C23H33N5O5S. The highest BCUT2D eigenvalue weighted by Gasteiger charge is 2.27. The lowest BCUT2D eigenvalue weighted by molar-refractivity contribution is 0.125. The summed E-state index contributed by atoms with van der Waals surface area (Å²) in [5.41, 5.74) is 1.04. The van der Waals surface area contributed by atoms with Gasteiger partial charge in [-0.2, -0.15) is 0 Å². The van der Waals surface area contributed by atoms with Crippen LogP contribution in [-0.4, -0.2) is 54.1 Å². The zero-order valence-electron chi connectivity index (χ0n) is 20.5. The number of nitrogens with one attached hydrogen (secondary N) is 2. The van der Waals surface area contributed by atoms with Crippen LogP contribution in [0.3, 0.4) is 0 Å². The minimum atomic E-state index is -3.45. The number of hydrogen-bond donors (Lipinski definition) is 2. The molecular weight excluding hydrogens is 458 g/mol. The van der Waals surface area contributed by atoms with E-state index in [1.807, 2.05) is 49.6 Å². The second kappa shape index (κ2) is 10.2. The summed E-state index contributed by atoms with van der Waals surface area (Å²) in [4.78, 5) is 21.8. The van der Waals surface area contributed by atoms with Crippen LogP contribution in [0.25, 0.3) is 21.9 Å². The lowest BCUT2D eigenvalue weighted by Crippen LogP contribution is -2.46. The smallest absolute Gasteiger partial charge is 0.412 e. The fourth-order valence-electron chi connectivity index (χ4n) is 3.75. The molecule has 0 fully saturated rings. The normalized spacial score (nSPS) is 12.6. The molecule has 34 heavy (non-hydrogen) atoms. The van der Waals surface area contributed by atoms with Crippen LogP contribution < -0.4 is 10.0 Å². The molecule has 186 valence electrons. The third-order valence-corrected chi connectivity index (χ3v) is 5.80. The number of sulfonamides is 1. The van der Waals surface area contributed by atoms with E-state index in [1.165, 1.54) is 0 Å². The van der Waals surface area contributed by atoms with Gasteiger partial charge >= 0.3 is 6.09 Å². The first-order valence-electron chi connectivity index (χ1n) is 11.2. The molecule has 3 aromatic rings. The van der Waals surface area contributed by atoms with Crippen molar-refractivity contribution in [2.24, 2.45) is 5.92 Å². The van der Waals surface area contributed by atoms with Crippen molar-refractivity contribution >= 4 is 43.9 Å². The number of carbonyl (C=O) groups excluding carboxylic acids is 1. The van der Waals surface area contributed by atoms with Gasteiger partial charge in [-0.15, -0.1) is 0 Å². The summed E-state index contributed by atoms with van der Waals surface area (Å²) in [6.45, 7) is 10.7. The van der Waals surface area contributed by atoms with E-state index in [2.05, 4.69) is 15.0 Å². The Morgan fingerprint density at radius 2 is 1.91 bits per heavy atom. The Morgan fingerprint density at radius 1 is 1.21 bits per heavy atom.